The van der Waals surface area contributed by atoms with Gasteiger partial charge >= 0.3 is 0 Å². The summed E-state index contributed by atoms with van der Waals surface area (Å²) in [5.41, 5.74) is 1.96. The van der Waals surface area contributed by atoms with Crippen molar-refractivity contribution < 1.29 is 9.53 Å². The molecule has 156 valence electrons. The van der Waals surface area contributed by atoms with E-state index in [0.29, 0.717) is 12.0 Å². The van der Waals surface area contributed by atoms with Gasteiger partial charge in [0.15, 0.2) is 0 Å². The molecule has 0 bridgehead atoms. The second kappa shape index (κ2) is 7.35. The minimum Gasteiger partial charge on any atom is -0.489 e. The molecule has 3 heterocycles. The number of ether oxygens (including phenoxy) is 1. The maximum absolute atomic E-state index is 13.7. The van der Waals surface area contributed by atoms with Crippen molar-refractivity contribution in [3.05, 3.63) is 30.0 Å². The zero-order valence-corrected chi connectivity index (χ0v) is 17.9. The predicted octanol–water partition coefficient (Wildman–Crippen LogP) is 4.32. The molecule has 1 amide bonds. The summed E-state index contributed by atoms with van der Waals surface area (Å²) in [4.78, 5) is 18.2. The molecule has 1 aromatic carbocycles. The monoisotopic (exact) mass is 395 g/mol. The standard InChI is InChI=1S/C24H33N3O2/c1-16-12-25(3)13-17(2)27(16)24(28)20-14-26-21(18-8-5-4-6-9-18)15-29-22-11-7-10-19(20)23(22)26/h7,10-11,14,16-18,21H,4-6,8-9,12-13,15H2,1-3H3/t16-,17+,21-/m0/s1. The highest BCUT2D eigenvalue weighted by atomic mass is 16.5. The Bertz CT molecular complexity index is 902. The van der Waals surface area contributed by atoms with Crippen molar-refractivity contribution in [3.8, 4) is 5.75 Å². The fraction of sp³-hybridized carbons (Fsp3) is 0.625. The lowest BCUT2D eigenvalue weighted by Gasteiger charge is -2.43. The smallest absolute Gasteiger partial charge is 0.256 e. The molecule has 0 N–H and O–H groups in total. The molecule has 2 aliphatic heterocycles. The van der Waals surface area contributed by atoms with Crippen molar-refractivity contribution in [2.75, 3.05) is 26.7 Å². The van der Waals surface area contributed by atoms with Gasteiger partial charge in [-0.1, -0.05) is 31.4 Å². The number of nitrogens with zero attached hydrogens (tertiary/aromatic N) is 3. The highest BCUT2D eigenvalue weighted by Crippen LogP contribution is 2.42. The number of carbonyl (C=O) groups excluding carboxylic acids is 1. The molecule has 3 aliphatic rings. The van der Waals surface area contributed by atoms with Crippen LogP contribution in [0.1, 0.15) is 62.4 Å². The van der Waals surface area contributed by atoms with Crippen LogP contribution in [0.5, 0.6) is 5.75 Å². The topological polar surface area (TPSA) is 37.7 Å². The van der Waals surface area contributed by atoms with Gasteiger partial charge in [-0.25, -0.2) is 0 Å². The molecular weight excluding hydrogens is 362 g/mol. The molecule has 1 aromatic heterocycles. The van der Waals surface area contributed by atoms with Crippen LogP contribution in [0, 0.1) is 5.92 Å². The number of amides is 1. The van der Waals surface area contributed by atoms with Crippen molar-refractivity contribution >= 4 is 16.8 Å². The van der Waals surface area contributed by atoms with Crippen molar-refractivity contribution in [2.45, 2.75) is 64.1 Å². The van der Waals surface area contributed by atoms with Crippen molar-refractivity contribution in [2.24, 2.45) is 5.92 Å². The maximum atomic E-state index is 13.7. The van der Waals surface area contributed by atoms with E-state index in [1.165, 1.54) is 32.1 Å². The first-order valence-electron chi connectivity index (χ1n) is 11.3. The molecule has 1 saturated carbocycles. The van der Waals surface area contributed by atoms with E-state index in [-0.39, 0.29) is 18.0 Å². The molecule has 3 atom stereocenters. The summed E-state index contributed by atoms with van der Waals surface area (Å²) >= 11 is 0. The van der Waals surface area contributed by atoms with E-state index in [0.717, 1.165) is 41.9 Å². The molecule has 29 heavy (non-hydrogen) atoms. The van der Waals surface area contributed by atoms with Gasteiger partial charge in [0.2, 0.25) is 0 Å². The number of benzene rings is 1. The Morgan fingerprint density at radius 1 is 1.07 bits per heavy atom. The molecule has 0 radical (unpaired) electrons. The Hall–Kier alpha value is -2.01. The second-order valence-electron chi connectivity index (χ2n) is 9.51. The van der Waals surface area contributed by atoms with Crippen molar-refractivity contribution in [3.63, 3.8) is 0 Å². The molecule has 2 fully saturated rings. The zero-order valence-electron chi connectivity index (χ0n) is 17.9. The summed E-state index contributed by atoms with van der Waals surface area (Å²) in [6.07, 6.45) is 8.67. The van der Waals surface area contributed by atoms with Gasteiger partial charge < -0.3 is 19.1 Å². The van der Waals surface area contributed by atoms with E-state index >= 15 is 0 Å². The number of carbonyl (C=O) groups is 1. The fourth-order valence-electron chi connectivity index (χ4n) is 6.09. The van der Waals surface area contributed by atoms with Gasteiger partial charge in [0, 0.05) is 36.8 Å². The Labute approximate surface area is 173 Å². The summed E-state index contributed by atoms with van der Waals surface area (Å²) in [6.45, 7) is 6.91. The lowest BCUT2D eigenvalue weighted by molar-refractivity contribution is 0.0352. The molecule has 5 heteroatoms. The number of para-hydroxylation sites is 1. The first-order valence-corrected chi connectivity index (χ1v) is 11.3. The zero-order chi connectivity index (χ0) is 20.1. The quantitative estimate of drug-likeness (QED) is 0.760. The summed E-state index contributed by atoms with van der Waals surface area (Å²) < 4.78 is 8.60. The minimum absolute atomic E-state index is 0.170. The summed E-state index contributed by atoms with van der Waals surface area (Å²) in [5, 5.41) is 1.05. The number of rotatable bonds is 2. The van der Waals surface area contributed by atoms with Gasteiger partial charge in [0.25, 0.3) is 5.91 Å². The molecule has 2 aromatic rings. The second-order valence-corrected chi connectivity index (χ2v) is 9.51. The third-order valence-corrected chi connectivity index (χ3v) is 7.34. The third-order valence-electron chi connectivity index (χ3n) is 7.34. The average molecular weight is 396 g/mol. The Kier molecular flexibility index (Phi) is 4.81. The van der Waals surface area contributed by atoms with Crippen molar-refractivity contribution in [1.82, 2.24) is 14.4 Å². The van der Waals surface area contributed by atoms with Crippen molar-refractivity contribution in [1.29, 1.82) is 0 Å². The molecule has 0 unspecified atom stereocenters. The van der Waals surface area contributed by atoms with E-state index < -0.39 is 0 Å². The predicted molar refractivity (Wildman–Crippen MR) is 116 cm³/mol. The lowest BCUT2D eigenvalue weighted by atomic mass is 9.83. The van der Waals surface area contributed by atoms with Gasteiger partial charge in [-0.3, -0.25) is 4.79 Å². The minimum atomic E-state index is 0.170. The van der Waals surface area contributed by atoms with Gasteiger partial charge in [0.1, 0.15) is 12.4 Å². The van der Waals surface area contributed by atoms with Crippen LogP contribution < -0.4 is 4.74 Å². The van der Waals surface area contributed by atoms with Crippen LogP contribution in [0.3, 0.4) is 0 Å². The maximum Gasteiger partial charge on any atom is 0.256 e. The lowest BCUT2D eigenvalue weighted by Crippen LogP contribution is -2.57. The SMILES string of the molecule is C[C@@H]1CN(C)C[C@H](C)N1C(=O)c1cn2c3c(cccc13)OC[C@H]2C1CCCCC1. The molecule has 1 aliphatic carbocycles. The van der Waals surface area contributed by atoms with Crippen LogP contribution in [0.15, 0.2) is 24.4 Å². The first kappa shape index (κ1) is 19.0. The van der Waals surface area contributed by atoms with Gasteiger partial charge in [0.05, 0.1) is 17.1 Å². The largest absolute Gasteiger partial charge is 0.489 e. The normalized spacial score (nSPS) is 28.5. The summed E-state index contributed by atoms with van der Waals surface area (Å²) in [6, 6.07) is 6.95. The van der Waals surface area contributed by atoms with E-state index in [4.69, 9.17) is 4.74 Å². The highest BCUT2D eigenvalue weighted by molar-refractivity contribution is 6.08. The van der Waals surface area contributed by atoms with Crippen LogP contribution in [0.4, 0.5) is 0 Å². The summed E-state index contributed by atoms with van der Waals surface area (Å²) in [5.74, 6) is 1.74. The highest BCUT2D eigenvalue weighted by Gasteiger charge is 2.36. The van der Waals surface area contributed by atoms with E-state index in [1.54, 1.807) is 0 Å². The van der Waals surface area contributed by atoms with E-state index in [1.807, 2.05) is 12.1 Å². The molecule has 1 saturated heterocycles. The molecule has 5 rings (SSSR count). The number of piperazine rings is 1. The van der Waals surface area contributed by atoms with Gasteiger partial charge in [-0.2, -0.15) is 0 Å². The number of likely N-dealkylation sites (N-methyl/N-ethyl adjacent to an activating group) is 1. The molecular formula is C24H33N3O2. The first-order chi connectivity index (χ1) is 14.0. The summed E-state index contributed by atoms with van der Waals surface area (Å²) in [7, 11) is 2.14. The molecule has 0 spiro atoms. The number of hydrogen-bond donors (Lipinski definition) is 0. The Morgan fingerprint density at radius 2 is 1.79 bits per heavy atom. The number of hydrogen-bond acceptors (Lipinski definition) is 3. The molecule has 5 nitrogen and oxygen atoms in total. The number of aromatic nitrogens is 1. The van der Waals surface area contributed by atoms with Crippen LogP contribution in [0.2, 0.25) is 0 Å². The van der Waals surface area contributed by atoms with Gasteiger partial charge in [-0.05, 0) is 45.7 Å². The average Bonchev–Trinajstić information content (AvgIpc) is 3.09. The van der Waals surface area contributed by atoms with E-state index in [2.05, 4.69) is 47.5 Å². The van der Waals surface area contributed by atoms with Crippen LogP contribution in [-0.4, -0.2) is 59.1 Å². The third kappa shape index (κ3) is 3.14. The van der Waals surface area contributed by atoms with Crippen LogP contribution >= 0.6 is 0 Å². The van der Waals surface area contributed by atoms with Gasteiger partial charge in [-0.15, -0.1) is 0 Å². The fourth-order valence-corrected chi connectivity index (χ4v) is 6.09. The van der Waals surface area contributed by atoms with Crippen LogP contribution in [-0.2, 0) is 0 Å². The Morgan fingerprint density at radius 3 is 2.52 bits per heavy atom. The van der Waals surface area contributed by atoms with Crippen LogP contribution in [0.25, 0.3) is 10.9 Å². The van der Waals surface area contributed by atoms with E-state index in [9.17, 15) is 4.79 Å². The Balaban J connectivity index is 1.56.